The predicted molar refractivity (Wildman–Crippen MR) is 143 cm³/mol. The zero-order valence-corrected chi connectivity index (χ0v) is 25.4. The van der Waals surface area contributed by atoms with Gasteiger partial charge in [-0.15, -0.1) is 6.58 Å². The zero-order chi connectivity index (χ0) is 26.8. The summed E-state index contributed by atoms with van der Waals surface area (Å²) in [6.45, 7) is 24.7. The largest absolute Gasteiger partial charge is 0.483 e. The summed E-state index contributed by atoms with van der Waals surface area (Å²) < 4.78 is 53.6. The van der Waals surface area contributed by atoms with Crippen LogP contribution in [0.1, 0.15) is 94.9 Å². The van der Waals surface area contributed by atoms with Gasteiger partial charge in [-0.1, -0.05) is 75.3 Å². The maximum atomic E-state index is 13.2. The standard InChI is InChI=1S/C20H44O7P2.C5H10/c1-17(2)9-13-23-28(21,24-14-10-18(3)4)27-29(22,25-15-11-19(5)6)26-16-12-20(7)8;1-4-5(2)3/h17-20H,9-16H2,1-8H3;4-5H,1H2,2-3H3. The van der Waals surface area contributed by atoms with Gasteiger partial charge in [-0.05, 0) is 55.3 Å². The van der Waals surface area contributed by atoms with Gasteiger partial charge in [0.15, 0.2) is 0 Å². The van der Waals surface area contributed by atoms with Gasteiger partial charge in [0.1, 0.15) is 0 Å². The second kappa shape index (κ2) is 20.1. The molecule has 0 atom stereocenters. The summed E-state index contributed by atoms with van der Waals surface area (Å²) in [6.07, 6.45) is 4.61. The van der Waals surface area contributed by atoms with Gasteiger partial charge < -0.3 is 0 Å². The summed E-state index contributed by atoms with van der Waals surface area (Å²) in [5.74, 6) is 2.08. The maximum absolute atomic E-state index is 13.2. The molecule has 0 heterocycles. The molecule has 206 valence electrons. The molecule has 0 fully saturated rings. The maximum Gasteiger partial charge on any atom is 0.483 e. The van der Waals surface area contributed by atoms with Crippen LogP contribution >= 0.6 is 15.6 Å². The molecule has 0 saturated carbocycles. The van der Waals surface area contributed by atoms with Gasteiger partial charge in [0, 0.05) is 0 Å². The normalized spacial score (nSPS) is 12.7. The predicted octanol–water partition coefficient (Wildman–Crippen LogP) is 9.30. The molecule has 0 spiro atoms. The summed E-state index contributed by atoms with van der Waals surface area (Å²) in [5, 5.41) is 0. The third-order valence-corrected chi connectivity index (χ3v) is 8.05. The van der Waals surface area contributed by atoms with Gasteiger partial charge in [-0.25, -0.2) is 9.13 Å². The molecule has 7 nitrogen and oxygen atoms in total. The number of hydrogen-bond donors (Lipinski definition) is 0. The molecule has 0 N–H and O–H groups in total. The van der Waals surface area contributed by atoms with E-state index in [0.717, 1.165) is 0 Å². The summed E-state index contributed by atoms with van der Waals surface area (Å²) in [5.41, 5.74) is 0. The van der Waals surface area contributed by atoms with Crippen molar-refractivity contribution in [2.24, 2.45) is 29.6 Å². The molecule has 34 heavy (non-hydrogen) atoms. The summed E-state index contributed by atoms with van der Waals surface area (Å²) in [4.78, 5) is 0. The Labute approximate surface area is 210 Å². The van der Waals surface area contributed by atoms with Crippen LogP contribution in [0.3, 0.4) is 0 Å². The molecule has 0 aliphatic heterocycles. The Morgan fingerprint density at radius 2 is 0.765 bits per heavy atom. The number of allylic oxidation sites excluding steroid dienone is 1. The van der Waals surface area contributed by atoms with Crippen molar-refractivity contribution >= 4 is 15.6 Å². The Morgan fingerprint density at radius 1 is 0.559 bits per heavy atom. The van der Waals surface area contributed by atoms with Crippen LogP contribution in [-0.2, 0) is 31.5 Å². The summed E-state index contributed by atoms with van der Waals surface area (Å²) in [6, 6.07) is 0. The van der Waals surface area contributed by atoms with Crippen molar-refractivity contribution < 1.29 is 31.5 Å². The number of phosphoric ester groups is 2. The van der Waals surface area contributed by atoms with Crippen molar-refractivity contribution in [3.63, 3.8) is 0 Å². The van der Waals surface area contributed by atoms with E-state index in [1.807, 2.05) is 61.5 Å². The van der Waals surface area contributed by atoms with Gasteiger partial charge in [0.25, 0.3) is 0 Å². The molecular formula is C25H54O7P2. The highest BCUT2D eigenvalue weighted by Gasteiger charge is 2.40. The average molecular weight is 529 g/mol. The van der Waals surface area contributed by atoms with E-state index in [1.54, 1.807) is 0 Å². The lowest BCUT2D eigenvalue weighted by atomic mass is 10.1. The minimum Gasteiger partial charge on any atom is -0.287 e. The molecule has 9 heteroatoms. The van der Waals surface area contributed by atoms with Gasteiger partial charge in [0.05, 0.1) is 26.4 Å². The van der Waals surface area contributed by atoms with E-state index in [1.165, 1.54) is 0 Å². The van der Waals surface area contributed by atoms with Crippen LogP contribution in [0.4, 0.5) is 0 Å². The van der Waals surface area contributed by atoms with Crippen molar-refractivity contribution in [3.8, 4) is 0 Å². The highest BCUT2D eigenvalue weighted by molar-refractivity contribution is 7.62. The monoisotopic (exact) mass is 528 g/mol. The second-order valence-electron chi connectivity index (χ2n) is 10.5. The Kier molecular flexibility index (Phi) is 21.4. The van der Waals surface area contributed by atoms with Crippen molar-refractivity contribution in [3.05, 3.63) is 12.7 Å². The molecular weight excluding hydrogens is 474 g/mol. The Bertz CT molecular complexity index is 510. The molecule has 0 aromatic carbocycles. The smallest absolute Gasteiger partial charge is 0.287 e. The van der Waals surface area contributed by atoms with Crippen LogP contribution in [0.5, 0.6) is 0 Å². The van der Waals surface area contributed by atoms with Crippen molar-refractivity contribution in [1.82, 2.24) is 0 Å². The third-order valence-electron chi connectivity index (χ3n) is 4.45. The van der Waals surface area contributed by atoms with Crippen LogP contribution in [0.2, 0.25) is 0 Å². The highest BCUT2D eigenvalue weighted by atomic mass is 31.3. The van der Waals surface area contributed by atoms with Crippen molar-refractivity contribution in [2.45, 2.75) is 94.9 Å². The van der Waals surface area contributed by atoms with Crippen LogP contribution < -0.4 is 0 Å². The first-order chi connectivity index (χ1) is 15.6. The van der Waals surface area contributed by atoms with E-state index in [9.17, 15) is 9.13 Å². The summed E-state index contributed by atoms with van der Waals surface area (Å²) >= 11 is 0. The Hall–Kier alpha value is -0.0000000000000000416. The first-order valence-corrected chi connectivity index (χ1v) is 15.7. The molecule has 0 radical (unpaired) electrons. The van der Waals surface area contributed by atoms with Crippen LogP contribution in [0.25, 0.3) is 0 Å². The van der Waals surface area contributed by atoms with Crippen LogP contribution in [0.15, 0.2) is 12.7 Å². The minimum absolute atomic E-state index is 0.175. The van der Waals surface area contributed by atoms with Crippen molar-refractivity contribution in [1.29, 1.82) is 0 Å². The van der Waals surface area contributed by atoms with Crippen molar-refractivity contribution in [2.75, 3.05) is 26.4 Å². The molecule has 0 unspecified atom stereocenters. The molecule has 0 bridgehead atoms. The van der Waals surface area contributed by atoms with E-state index >= 15 is 0 Å². The first-order valence-electron chi connectivity index (χ1n) is 12.8. The lowest BCUT2D eigenvalue weighted by Crippen LogP contribution is -2.09. The fourth-order valence-corrected chi connectivity index (χ4v) is 5.09. The van der Waals surface area contributed by atoms with E-state index in [-0.39, 0.29) is 26.4 Å². The molecule has 0 aliphatic rings. The van der Waals surface area contributed by atoms with Gasteiger partial charge >= 0.3 is 15.6 Å². The number of hydrogen-bond acceptors (Lipinski definition) is 7. The molecule has 0 aromatic heterocycles. The first kappa shape index (κ1) is 36.2. The van der Waals surface area contributed by atoms with Gasteiger partial charge in [-0.3, -0.25) is 18.1 Å². The lowest BCUT2D eigenvalue weighted by molar-refractivity contribution is 0.101. The SMILES string of the molecule is C=CC(C)C.CC(C)CCOP(=O)(OCCC(C)C)OP(=O)(OCCC(C)C)OCCC(C)C. The molecule has 0 aromatic rings. The molecule has 0 aliphatic carbocycles. The molecule has 0 rings (SSSR count). The van der Waals surface area contributed by atoms with Gasteiger partial charge in [-0.2, -0.15) is 4.31 Å². The Balaban J connectivity index is 0. The average Bonchev–Trinajstić information content (AvgIpc) is 2.66. The highest BCUT2D eigenvalue weighted by Crippen LogP contribution is 2.66. The number of phosphoric acid groups is 2. The van der Waals surface area contributed by atoms with E-state index < -0.39 is 15.6 Å². The fraction of sp³-hybridized carbons (Fsp3) is 0.920. The van der Waals surface area contributed by atoms with Crippen LogP contribution in [0, 0.1) is 29.6 Å². The zero-order valence-electron chi connectivity index (χ0n) is 23.6. The summed E-state index contributed by atoms with van der Waals surface area (Å²) in [7, 11) is -8.19. The van der Waals surface area contributed by atoms with E-state index in [2.05, 4.69) is 20.4 Å². The molecule has 0 saturated heterocycles. The van der Waals surface area contributed by atoms with E-state index in [4.69, 9.17) is 22.4 Å². The lowest BCUT2D eigenvalue weighted by Gasteiger charge is -2.24. The number of rotatable bonds is 19. The molecule has 0 amide bonds. The quantitative estimate of drug-likeness (QED) is 0.122. The fourth-order valence-electron chi connectivity index (χ4n) is 1.89. The topological polar surface area (TPSA) is 80.3 Å². The third kappa shape index (κ3) is 23.7. The Morgan fingerprint density at radius 3 is 0.912 bits per heavy atom. The second-order valence-corrected chi connectivity index (χ2v) is 14.0. The minimum atomic E-state index is -4.09. The van der Waals surface area contributed by atoms with Crippen LogP contribution in [-0.4, -0.2) is 26.4 Å². The van der Waals surface area contributed by atoms with Gasteiger partial charge in [0.2, 0.25) is 0 Å². The van der Waals surface area contributed by atoms with E-state index in [0.29, 0.717) is 55.3 Å².